The van der Waals surface area contributed by atoms with Crippen molar-refractivity contribution >= 4 is 46.0 Å². The number of hydrogen-bond donors (Lipinski definition) is 3. The Morgan fingerprint density at radius 1 is 0.788 bits per heavy atom. The third-order valence-electron chi connectivity index (χ3n) is 5.09. The molecule has 1 unspecified atom stereocenters. The van der Waals surface area contributed by atoms with E-state index in [0.29, 0.717) is 11.4 Å². The lowest BCUT2D eigenvalue weighted by molar-refractivity contribution is 0.102. The van der Waals surface area contributed by atoms with Crippen LogP contribution in [0.25, 0.3) is 10.8 Å². The molecule has 4 aromatic rings. The number of amides is 3. The van der Waals surface area contributed by atoms with Gasteiger partial charge in [-0.2, -0.15) is 0 Å². The number of hydrogen-bond acceptors (Lipinski definition) is 3. The zero-order valence-electron chi connectivity index (χ0n) is 17.8. The summed E-state index contributed by atoms with van der Waals surface area (Å²) in [6.07, 6.45) is 0. The van der Waals surface area contributed by atoms with Gasteiger partial charge in [0.1, 0.15) is 5.82 Å². The maximum absolute atomic E-state index is 13.7. The summed E-state index contributed by atoms with van der Waals surface area (Å²) >= 11 is 1.32. The van der Waals surface area contributed by atoms with Crippen LogP contribution in [-0.2, 0) is 0 Å². The van der Waals surface area contributed by atoms with Gasteiger partial charge in [-0.25, -0.2) is 9.18 Å². The molecule has 0 spiro atoms. The van der Waals surface area contributed by atoms with Crippen LogP contribution in [0.3, 0.4) is 0 Å². The number of fused-ring (bicyclic) bond motifs is 1. The molecule has 0 bridgehead atoms. The summed E-state index contributed by atoms with van der Waals surface area (Å²) in [5.74, 6) is -1.12. The fraction of sp³-hybridized carbons (Fsp3) is 0.0769. The van der Waals surface area contributed by atoms with Crippen LogP contribution in [0, 0.1) is 5.82 Å². The molecular formula is C26H22FN3O2S. The van der Waals surface area contributed by atoms with Gasteiger partial charge in [0.2, 0.25) is 0 Å². The van der Waals surface area contributed by atoms with Gasteiger partial charge >= 0.3 is 6.03 Å². The summed E-state index contributed by atoms with van der Waals surface area (Å²) in [5, 5.41) is 7.80. The molecule has 0 saturated carbocycles. The Kier molecular flexibility index (Phi) is 6.90. The predicted molar refractivity (Wildman–Crippen MR) is 133 cm³/mol. The first-order chi connectivity index (χ1) is 16.0. The summed E-state index contributed by atoms with van der Waals surface area (Å²) in [7, 11) is 0. The van der Waals surface area contributed by atoms with Crippen molar-refractivity contribution in [2.24, 2.45) is 0 Å². The first-order valence-corrected chi connectivity index (χ1v) is 11.2. The monoisotopic (exact) mass is 459 g/mol. The Balaban J connectivity index is 1.29. The van der Waals surface area contributed by atoms with Crippen molar-refractivity contribution < 1.29 is 14.0 Å². The summed E-state index contributed by atoms with van der Waals surface area (Å²) < 4.78 is 16.5. The van der Waals surface area contributed by atoms with Crippen molar-refractivity contribution in [3.8, 4) is 0 Å². The first-order valence-electron chi connectivity index (χ1n) is 10.4. The number of urea groups is 1. The van der Waals surface area contributed by atoms with Gasteiger partial charge in [-0.3, -0.25) is 9.52 Å². The topological polar surface area (TPSA) is 70.2 Å². The highest BCUT2D eigenvalue weighted by atomic mass is 32.2. The van der Waals surface area contributed by atoms with Gasteiger partial charge in [0.15, 0.2) is 0 Å². The number of carbonyl (C=O) groups excluding carboxylic acids is 2. The lowest BCUT2D eigenvalue weighted by Crippen LogP contribution is -2.23. The molecular weight excluding hydrogens is 437 g/mol. The summed E-state index contributed by atoms with van der Waals surface area (Å²) in [5.41, 5.74) is 2.15. The normalized spacial score (nSPS) is 11.6. The average Bonchev–Trinajstić information content (AvgIpc) is 2.83. The second-order valence-electron chi connectivity index (χ2n) is 7.43. The molecule has 0 heterocycles. The zero-order valence-corrected chi connectivity index (χ0v) is 18.7. The van der Waals surface area contributed by atoms with E-state index in [4.69, 9.17) is 0 Å². The molecule has 0 aliphatic heterocycles. The second kappa shape index (κ2) is 10.2. The van der Waals surface area contributed by atoms with Crippen LogP contribution in [-0.4, -0.2) is 11.9 Å². The van der Waals surface area contributed by atoms with Crippen molar-refractivity contribution in [3.63, 3.8) is 0 Å². The smallest absolute Gasteiger partial charge is 0.322 e. The van der Waals surface area contributed by atoms with Crippen molar-refractivity contribution in [2.75, 3.05) is 10.6 Å². The van der Waals surface area contributed by atoms with E-state index in [-0.39, 0.29) is 16.8 Å². The van der Waals surface area contributed by atoms with E-state index in [0.717, 1.165) is 10.9 Å². The molecule has 1 atom stereocenters. The largest absolute Gasteiger partial charge is 0.329 e. The molecule has 0 fully saturated rings. The summed E-state index contributed by atoms with van der Waals surface area (Å²) in [6, 6.07) is 26.4. The van der Waals surface area contributed by atoms with E-state index in [2.05, 4.69) is 45.7 Å². The standard InChI is InChI=1S/C26H22FN3O2S/c1-17(19-11-10-18-6-2-3-7-20(18)16-19)33-30-26(32)29-22-14-12-21(13-15-22)28-25(31)23-8-4-5-9-24(23)27/h2-17H,1H3,(H,28,31)(H2,29,30,32). The Morgan fingerprint density at radius 2 is 1.42 bits per heavy atom. The number of halogens is 1. The van der Waals surface area contributed by atoms with E-state index >= 15 is 0 Å². The van der Waals surface area contributed by atoms with Crippen LogP contribution in [0.15, 0.2) is 91.0 Å². The number of carbonyl (C=O) groups is 2. The Labute approximate surface area is 195 Å². The third-order valence-corrected chi connectivity index (χ3v) is 6.02. The highest BCUT2D eigenvalue weighted by Gasteiger charge is 2.12. The molecule has 166 valence electrons. The van der Waals surface area contributed by atoms with Crippen LogP contribution in [0.2, 0.25) is 0 Å². The van der Waals surface area contributed by atoms with Gasteiger partial charge in [0, 0.05) is 16.6 Å². The molecule has 4 rings (SSSR count). The lowest BCUT2D eigenvalue weighted by atomic mass is 10.1. The highest BCUT2D eigenvalue weighted by Crippen LogP contribution is 2.28. The minimum atomic E-state index is -0.583. The van der Waals surface area contributed by atoms with Gasteiger partial charge in [0.05, 0.1) is 5.56 Å². The van der Waals surface area contributed by atoms with Gasteiger partial charge in [-0.05, 0) is 77.7 Å². The maximum Gasteiger partial charge on any atom is 0.329 e. The molecule has 0 radical (unpaired) electrons. The number of nitrogens with one attached hydrogen (secondary N) is 3. The van der Waals surface area contributed by atoms with Crippen LogP contribution in [0.4, 0.5) is 20.6 Å². The van der Waals surface area contributed by atoms with Crippen molar-refractivity contribution in [2.45, 2.75) is 12.2 Å². The molecule has 5 nitrogen and oxygen atoms in total. The van der Waals surface area contributed by atoms with E-state index in [9.17, 15) is 14.0 Å². The van der Waals surface area contributed by atoms with Crippen molar-refractivity contribution in [3.05, 3.63) is 108 Å². The second-order valence-corrected chi connectivity index (χ2v) is 8.58. The predicted octanol–water partition coefficient (Wildman–Crippen LogP) is 6.76. The zero-order chi connectivity index (χ0) is 23.2. The van der Waals surface area contributed by atoms with Gasteiger partial charge < -0.3 is 10.6 Å². The maximum atomic E-state index is 13.7. The molecule has 0 aromatic heterocycles. The molecule has 0 aliphatic rings. The molecule has 3 amide bonds. The van der Waals surface area contributed by atoms with Crippen molar-refractivity contribution in [1.82, 2.24) is 4.72 Å². The van der Waals surface area contributed by atoms with E-state index in [1.165, 1.54) is 35.5 Å². The van der Waals surface area contributed by atoms with Gasteiger partial charge in [-0.1, -0.05) is 48.5 Å². The van der Waals surface area contributed by atoms with Gasteiger partial charge in [0.25, 0.3) is 5.91 Å². The van der Waals surface area contributed by atoms with E-state index in [1.807, 2.05) is 19.1 Å². The number of rotatable bonds is 6. The fourth-order valence-electron chi connectivity index (χ4n) is 3.31. The average molecular weight is 460 g/mol. The Morgan fingerprint density at radius 3 is 2.15 bits per heavy atom. The lowest BCUT2D eigenvalue weighted by Gasteiger charge is -2.14. The molecule has 0 aliphatic carbocycles. The summed E-state index contributed by atoms with van der Waals surface area (Å²) in [4.78, 5) is 24.5. The Hall–Kier alpha value is -3.84. The minimum Gasteiger partial charge on any atom is -0.322 e. The molecule has 33 heavy (non-hydrogen) atoms. The molecule has 0 saturated heterocycles. The molecule has 4 aromatic carbocycles. The highest BCUT2D eigenvalue weighted by molar-refractivity contribution is 7.98. The fourth-order valence-corrected chi connectivity index (χ4v) is 3.93. The SMILES string of the molecule is CC(SNC(=O)Nc1ccc(NC(=O)c2ccccc2F)cc1)c1ccc2ccccc2c1. The quantitative estimate of drug-likeness (QED) is 0.279. The first kappa shape index (κ1) is 22.4. The van der Waals surface area contributed by atoms with Crippen LogP contribution < -0.4 is 15.4 Å². The van der Waals surface area contributed by atoms with Gasteiger partial charge in [-0.15, -0.1) is 0 Å². The van der Waals surface area contributed by atoms with Crippen LogP contribution in [0.1, 0.15) is 28.1 Å². The van der Waals surface area contributed by atoms with E-state index < -0.39 is 11.7 Å². The van der Waals surface area contributed by atoms with Crippen LogP contribution >= 0.6 is 11.9 Å². The van der Waals surface area contributed by atoms with E-state index in [1.54, 1.807) is 30.3 Å². The molecule has 7 heteroatoms. The van der Waals surface area contributed by atoms with Crippen molar-refractivity contribution in [1.29, 1.82) is 0 Å². The minimum absolute atomic E-state index is 0.0309. The van der Waals surface area contributed by atoms with Crippen LogP contribution in [0.5, 0.6) is 0 Å². The number of anilines is 2. The molecule has 3 N–H and O–H groups in total. The third kappa shape index (κ3) is 5.70. The summed E-state index contributed by atoms with van der Waals surface area (Å²) in [6.45, 7) is 2.03. The number of benzene rings is 4. The Bertz CT molecular complexity index is 1290.